The summed E-state index contributed by atoms with van der Waals surface area (Å²) in [4.78, 5) is 0. The van der Waals surface area contributed by atoms with E-state index in [0.29, 0.717) is 21.7 Å². The fourth-order valence-electron chi connectivity index (χ4n) is 9.42. The second kappa shape index (κ2) is 14.6. The van der Waals surface area contributed by atoms with Crippen molar-refractivity contribution in [2.24, 2.45) is 33.5 Å². The molecule has 3 fully saturated rings. The summed E-state index contributed by atoms with van der Waals surface area (Å²) in [5.41, 5.74) is 2.20. The van der Waals surface area contributed by atoms with Gasteiger partial charge in [0, 0.05) is 0 Å². The van der Waals surface area contributed by atoms with Crippen molar-refractivity contribution in [3.8, 4) is 0 Å². The van der Waals surface area contributed by atoms with Gasteiger partial charge in [-0.1, -0.05) is 138 Å². The van der Waals surface area contributed by atoms with Gasteiger partial charge in [-0.15, -0.1) is 0 Å². The van der Waals surface area contributed by atoms with Gasteiger partial charge in [0.1, 0.15) is 0 Å². The Kier molecular flexibility index (Phi) is 12.4. The van der Waals surface area contributed by atoms with Crippen molar-refractivity contribution in [3.05, 3.63) is 0 Å². The highest BCUT2D eigenvalue weighted by atomic mass is 14.5. The quantitative estimate of drug-likeness (QED) is 0.309. The van der Waals surface area contributed by atoms with Crippen LogP contribution in [0.3, 0.4) is 0 Å². The molecule has 0 heteroatoms. The van der Waals surface area contributed by atoms with Crippen molar-refractivity contribution in [1.82, 2.24) is 0 Å². The molecule has 0 bridgehead atoms. The molecular formula is C37H70. The van der Waals surface area contributed by atoms with Crippen LogP contribution >= 0.6 is 0 Å². The molecule has 0 saturated heterocycles. The SMILES string of the molecule is CCC(C)(CCC1CCC(C)(C2(C)CCCCCCCCC2)CCC1C)C1(C)CCCCCCCCC1. The zero-order chi connectivity index (χ0) is 26.8. The van der Waals surface area contributed by atoms with Crippen molar-refractivity contribution in [1.29, 1.82) is 0 Å². The first-order valence-electron chi connectivity index (χ1n) is 17.7. The van der Waals surface area contributed by atoms with Crippen LogP contribution < -0.4 is 0 Å². The van der Waals surface area contributed by atoms with E-state index in [4.69, 9.17) is 0 Å². The first-order valence-corrected chi connectivity index (χ1v) is 17.7. The molecule has 3 rings (SSSR count). The summed E-state index contributed by atoms with van der Waals surface area (Å²) in [6.07, 6.45) is 37.0. The molecule has 0 spiro atoms. The Bertz CT molecular complexity index is 612. The minimum absolute atomic E-state index is 0.518. The van der Waals surface area contributed by atoms with Gasteiger partial charge in [0.25, 0.3) is 0 Å². The summed E-state index contributed by atoms with van der Waals surface area (Å²) < 4.78 is 0. The van der Waals surface area contributed by atoms with Gasteiger partial charge in [-0.25, -0.2) is 0 Å². The summed E-state index contributed by atoms with van der Waals surface area (Å²) >= 11 is 0. The maximum absolute atomic E-state index is 2.74. The van der Waals surface area contributed by atoms with E-state index in [1.807, 2.05) is 0 Å². The number of hydrogen-bond donors (Lipinski definition) is 0. The standard InChI is InChI=1S/C37H70/c1-7-34(3,35(4)25-18-14-10-8-11-15-19-26-35)30-23-33-24-31-37(6,29-22-32(33)2)36(5)27-20-16-12-9-13-17-21-28-36/h32-33H,7-31H2,1-6H3. The largest absolute Gasteiger partial charge is 0.0648 e. The van der Waals surface area contributed by atoms with Crippen molar-refractivity contribution < 1.29 is 0 Å². The van der Waals surface area contributed by atoms with Gasteiger partial charge in [0.05, 0.1) is 0 Å². The third-order valence-corrected chi connectivity index (χ3v) is 13.7. The fourth-order valence-corrected chi connectivity index (χ4v) is 9.42. The van der Waals surface area contributed by atoms with E-state index in [1.54, 1.807) is 0 Å². The van der Waals surface area contributed by atoms with Crippen LogP contribution in [-0.4, -0.2) is 0 Å². The molecule has 37 heavy (non-hydrogen) atoms. The molecule has 218 valence electrons. The van der Waals surface area contributed by atoms with Crippen molar-refractivity contribution >= 4 is 0 Å². The van der Waals surface area contributed by atoms with Crippen LogP contribution in [0.4, 0.5) is 0 Å². The molecule has 0 aliphatic heterocycles. The minimum Gasteiger partial charge on any atom is -0.0648 e. The third-order valence-electron chi connectivity index (χ3n) is 13.7. The number of rotatable bonds is 6. The first kappa shape index (κ1) is 31.5. The van der Waals surface area contributed by atoms with Crippen molar-refractivity contribution in [2.45, 2.75) is 202 Å². The molecule has 3 saturated carbocycles. The van der Waals surface area contributed by atoms with Crippen LogP contribution in [0, 0.1) is 33.5 Å². The van der Waals surface area contributed by atoms with E-state index in [9.17, 15) is 0 Å². The first-order chi connectivity index (χ1) is 17.7. The molecule has 0 aromatic carbocycles. The lowest BCUT2D eigenvalue weighted by atomic mass is 9.56. The lowest BCUT2D eigenvalue weighted by Crippen LogP contribution is -2.38. The predicted molar refractivity (Wildman–Crippen MR) is 166 cm³/mol. The third kappa shape index (κ3) is 8.26. The minimum atomic E-state index is 0.518. The monoisotopic (exact) mass is 515 g/mol. The van der Waals surface area contributed by atoms with Crippen LogP contribution in [0.2, 0.25) is 0 Å². The molecular weight excluding hydrogens is 444 g/mol. The number of hydrogen-bond acceptors (Lipinski definition) is 0. The zero-order valence-corrected chi connectivity index (χ0v) is 26.8. The Morgan fingerprint density at radius 1 is 0.568 bits per heavy atom. The summed E-state index contributed by atoms with van der Waals surface area (Å²) in [6, 6.07) is 0. The normalized spacial score (nSPS) is 34.5. The van der Waals surface area contributed by atoms with E-state index >= 15 is 0 Å². The second-order valence-electron chi connectivity index (χ2n) is 15.9. The highest BCUT2D eigenvalue weighted by molar-refractivity contribution is 4.97. The van der Waals surface area contributed by atoms with Crippen LogP contribution in [0.1, 0.15) is 202 Å². The molecule has 3 aliphatic carbocycles. The van der Waals surface area contributed by atoms with Gasteiger partial charge in [-0.05, 0) is 97.7 Å². The van der Waals surface area contributed by atoms with E-state index in [-0.39, 0.29) is 0 Å². The summed E-state index contributed by atoms with van der Waals surface area (Å²) in [5, 5.41) is 0. The Morgan fingerprint density at radius 3 is 1.46 bits per heavy atom. The van der Waals surface area contributed by atoms with E-state index < -0.39 is 0 Å². The average molecular weight is 515 g/mol. The molecule has 3 aliphatic rings. The van der Waals surface area contributed by atoms with Crippen molar-refractivity contribution in [3.63, 3.8) is 0 Å². The maximum atomic E-state index is 2.74. The van der Waals surface area contributed by atoms with E-state index in [2.05, 4.69) is 41.5 Å². The molecule has 0 amide bonds. The second-order valence-corrected chi connectivity index (χ2v) is 15.9. The van der Waals surface area contributed by atoms with Gasteiger partial charge in [0.15, 0.2) is 0 Å². The van der Waals surface area contributed by atoms with Gasteiger partial charge < -0.3 is 0 Å². The molecule has 0 nitrogen and oxygen atoms in total. The molecule has 0 aromatic rings. The lowest BCUT2D eigenvalue weighted by molar-refractivity contribution is 0.0181. The summed E-state index contributed by atoms with van der Waals surface area (Å²) in [5.74, 6) is 1.88. The Balaban J connectivity index is 1.65. The van der Waals surface area contributed by atoms with Crippen LogP contribution in [-0.2, 0) is 0 Å². The lowest BCUT2D eigenvalue weighted by Gasteiger charge is -2.49. The Morgan fingerprint density at radius 2 is 0.973 bits per heavy atom. The molecule has 0 radical (unpaired) electrons. The van der Waals surface area contributed by atoms with Crippen LogP contribution in [0.15, 0.2) is 0 Å². The summed E-state index contributed by atoms with van der Waals surface area (Å²) in [6.45, 7) is 16.1. The van der Waals surface area contributed by atoms with Crippen LogP contribution in [0.5, 0.6) is 0 Å². The zero-order valence-electron chi connectivity index (χ0n) is 26.8. The van der Waals surface area contributed by atoms with E-state index in [1.165, 1.54) is 161 Å². The van der Waals surface area contributed by atoms with Gasteiger partial charge in [-0.3, -0.25) is 0 Å². The maximum Gasteiger partial charge on any atom is -0.0272 e. The van der Waals surface area contributed by atoms with Gasteiger partial charge in [-0.2, -0.15) is 0 Å². The molecule has 0 aromatic heterocycles. The molecule has 0 heterocycles. The van der Waals surface area contributed by atoms with E-state index in [0.717, 1.165) is 11.8 Å². The Hall–Kier alpha value is 0. The highest BCUT2D eigenvalue weighted by Gasteiger charge is 2.46. The topological polar surface area (TPSA) is 0 Å². The highest BCUT2D eigenvalue weighted by Crippen LogP contribution is 2.57. The molecule has 0 N–H and O–H groups in total. The van der Waals surface area contributed by atoms with Crippen LogP contribution in [0.25, 0.3) is 0 Å². The molecule has 4 atom stereocenters. The fraction of sp³-hybridized carbons (Fsp3) is 1.00. The smallest absolute Gasteiger partial charge is 0.0272 e. The average Bonchev–Trinajstić information content (AvgIpc) is 3.04. The van der Waals surface area contributed by atoms with Gasteiger partial charge in [0.2, 0.25) is 0 Å². The van der Waals surface area contributed by atoms with Gasteiger partial charge >= 0.3 is 0 Å². The summed E-state index contributed by atoms with van der Waals surface area (Å²) in [7, 11) is 0. The molecule has 4 unspecified atom stereocenters. The van der Waals surface area contributed by atoms with Crippen molar-refractivity contribution in [2.75, 3.05) is 0 Å². The predicted octanol–water partition coefficient (Wildman–Crippen LogP) is 13.1. The Labute approximate surface area is 235 Å².